The molecular formula is C8H10N2S. The molecule has 1 rings (SSSR count). The molecule has 11 heavy (non-hydrogen) atoms. The Bertz CT molecular complexity index is 263. The van der Waals surface area contributed by atoms with Gasteiger partial charge in [0.25, 0.3) is 0 Å². The lowest BCUT2D eigenvalue weighted by Gasteiger charge is -1.83. The normalized spacial score (nSPS) is 10.6. The molecule has 0 aliphatic carbocycles. The molecule has 0 saturated carbocycles. The van der Waals surface area contributed by atoms with E-state index in [-0.39, 0.29) is 0 Å². The van der Waals surface area contributed by atoms with Gasteiger partial charge >= 0.3 is 0 Å². The highest BCUT2D eigenvalue weighted by atomic mass is 32.1. The molecule has 0 unspecified atom stereocenters. The highest BCUT2D eigenvalue weighted by Gasteiger charge is 1.95. The van der Waals surface area contributed by atoms with Crippen LogP contribution in [0.5, 0.6) is 0 Å². The van der Waals surface area contributed by atoms with Crippen LogP contribution in [0.15, 0.2) is 18.7 Å². The molecule has 2 nitrogen and oxygen atoms in total. The predicted octanol–water partition coefficient (Wildman–Crippen LogP) is 2.44. The molecule has 0 N–H and O–H groups in total. The smallest absolute Gasteiger partial charge is 0.0995 e. The van der Waals surface area contributed by atoms with E-state index < -0.39 is 0 Å². The van der Waals surface area contributed by atoms with Gasteiger partial charge in [-0.15, -0.1) is 6.58 Å². The monoisotopic (exact) mass is 166 g/mol. The first-order chi connectivity index (χ1) is 5.34. The standard InChI is InChI=1S/C8H10N2S/c1-3-4-5-6-8-7(2)9-11-10-8/h3,5-6H,1,4H2,2H3. The van der Waals surface area contributed by atoms with Crippen molar-refractivity contribution in [3.8, 4) is 0 Å². The van der Waals surface area contributed by atoms with Gasteiger partial charge in [-0.2, -0.15) is 8.75 Å². The third-order valence-corrected chi connectivity index (χ3v) is 1.90. The van der Waals surface area contributed by atoms with Crippen LogP contribution in [-0.2, 0) is 0 Å². The largest absolute Gasteiger partial charge is 0.178 e. The maximum absolute atomic E-state index is 4.10. The maximum atomic E-state index is 4.10. The molecule has 0 aliphatic rings. The summed E-state index contributed by atoms with van der Waals surface area (Å²) < 4.78 is 8.15. The van der Waals surface area contributed by atoms with Crippen molar-refractivity contribution < 1.29 is 0 Å². The van der Waals surface area contributed by atoms with Gasteiger partial charge in [-0.3, -0.25) is 0 Å². The number of rotatable bonds is 3. The Balaban J connectivity index is 2.63. The zero-order valence-corrected chi connectivity index (χ0v) is 7.27. The molecule has 0 amide bonds. The molecule has 58 valence electrons. The molecule has 0 saturated heterocycles. The van der Waals surface area contributed by atoms with Crippen LogP contribution < -0.4 is 0 Å². The Labute approximate surface area is 70.6 Å². The van der Waals surface area contributed by atoms with Crippen molar-refractivity contribution in [2.75, 3.05) is 0 Å². The Morgan fingerprint density at radius 3 is 2.91 bits per heavy atom. The minimum Gasteiger partial charge on any atom is -0.178 e. The van der Waals surface area contributed by atoms with Crippen LogP contribution in [0.3, 0.4) is 0 Å². The lowest BCUT2D eigenvalue weighted by atomic mass is 10.3. The van der Waals surface area contributed by atoms with Gasteiger partial charge in [0.2, 0.25) is 0 Å². The van der Waals surface area contributed by atoms with Crippen LogP contribution in [-0.4, -0.2) is 8.75 Å². The summed E-state index contributed by atoms with van der Waals surface area (Å²) in [7, 11) is 0. The summed E-state index contributed by atoms with van der Waals surface area (Å²) in [5.41, 5.74) is 1.96. The van der Waals surface area contributed by atoms with Gasteiger partial charge in [0.15, 0.2) is 0 Å². The third-order valence-electron chi connectivity index (χ3n) is 1.27. The third kappa shape index (κ3) is 2.27. The van der Waals surface area contributed by atoms with Crippen LogP contribution in [0, 0.1) is 6.92 Å². The number of hydrogen-bond donors (Lipinski definition) is 0. The minimum atomic E-state index is 0.886. The summed E-state index contributed by atoms with van der Waals surface area (Å²) in [6, 6.07) is 0. The predicted molar refractivity (Wildman–Crippen MR) is 48.5 cm³/mol. The van der Waals surface area contributed by atoms with E-state index >= 15 is 0 Å². The van der Waals surface area contributed by atoms with Crippen molar-refractivity contribution in [1.82, 2.24) is 8.75 Å². The van der Waals surface area contributed by atoms with E-state index in [9.17, 15) is 0 Å². The van der Waals surface area contributed by atoms with Crippen LogP contribution >= 0.6 is 11.7 Å². The SMILES string of the molecule is C=CCC=Cc1nsnc1C. The van der Waals surface area contributed by atoms with Crippen molar-refractivity contribution >= 4 is 17.8 Å². The van der Waals surface area contributed by atoms with Gasteiger partial charge < -0.3 is 0 Å². The molecule has 0 spiro atoms. The van der Waals surface area contributed by atoms with E-state index in [2.05, 4.69) is 15.3 Å². The van der Waals surface area contributed by atoms with E-state index in [0.29, 0.717) is 0 Å². The number of hydrogen-bond acceptors (Lipinski definition) is 3. The summed E-state index contributed by atoms with van der Waals surface area (Å²) in [6.07, 6.45) is 6.74. The Morgan fingerprint density at radius 1 is 1.55 bits per heavy atom. The zero-order valence-electron chi connectivity index (χ0n) is 6.45. The molecular weight excluding hydrogens is 156 g/mol. The molecule has 3 heteroatoms. The van der Waals surface area contributed by atoms with Crippen LogP contribution in [0.1, 0.15) is 17.8 Å². The van der Waals surface area contributed by atoms with Gasteiger partial charge in [-0.25, -0.2) is 0 Å². The molecule has 1 heterocycles. The number of aryl methyl sites for hydroxylation is 1. The molecule has 0 radical (unpaired) electrons. The van der Waals surface area contributed by atoms with Crippen LogP contribution in [0.4, 0.5) is 0 Å². The second kappa shape index (κ2) is 4.03. The van der Waals surface area contributed by atoms with Crippen LogP contribution in [0.25, 0.3) is 6.08 Å². The highest BCUT2D eigenvalue weighted by molar-refractivity contribution is 6.99. The maximum Gasteiger partial charge on any atom is 0.0995 e. The second-order valence-corrected chi connectivity index (χ2v) is 2.69. The first-order valence-corrected chi connectivity index (χ1v) is 4.14. The Morgan fingerprint density at radius 2 is 2.36 bits per heavy atom. The summed E-state index contributed by atoms with van der Waals surface area (Å²) in [6.45, 7) is 5.57. The Hall–Kier alpha value is -0.960. The highest BCUT2D eigenvalue weighted by Crippen LogP contribution is 2.06. The molecule has 0 fully saturated rings. The van der Waals surface area contributed by atoms with E-state index in [4.69, 9.17) is 0 Å². The topological polar surface area (TPSA) is 25.8 Å². The van der Waals surface area contributed by atoms with Gasteiger partial charge in [0, 0.05) is 0 Å². The average Bonchev–Trinajstić information content (AvgIpc) is 2.37. The van der Waals surface area contributed by atoms with Gasteiger partial charge in [-0.1, -0.05) is 12.2 Å². The van der Waals surface area contributed by atoms with E-state index in [1.54, 1.807) is 0 Å². The Kier molecular flexibility index (Phi) is 2.98. The number of allylic oxidation sites excluding steroid dienone is 2. The van der Waals surface area contributed by atoms with Gasteiger partial charge in [0.05, 0.1) is 23.1 Å². The molecule has 0 aliphatic heterocycles. The van der Waals surface area contributed by atoms with E-state index in [0.717, 1.165) is 17.8 Å². The number of nitrogens with zero attached hydrogens (tertiary/aromatic N) is 2. The van der Waals surface area contributed by atoms with Crippen LogP contribution in [0.2, 0.25) is 0 Å². The first-order valence-electron chi connectivity index (χ1n) is 3.41. The quantitative estimate of drug-likeness (QED) is 0.644. The van der Waals surface area contributed by atoms with Gasteiger partial charge in [-0.05, 0) is 19.4 Å². The molecule has 0 aromatic carbocycles. The van der Waals surface area contributed by atoms with E-state index in [1.807, 2.05) is 25.2 Å². The molecule has 0 bridgehead atoms. The lowest BCUT2D eigenvalue weighted by Crippen LogP contribution is -1.74. The number of aromatic nitrogens is 2. The first kappa shape index (κ1) is 8.14. The molecule has 1 aromatic heterocycles. The fraction of sp³-hybridized carbons (Fsp3) is 0.250. The summed E-state index contributed by atoms with van der Waals surface area (Å²) >= 11 is 1.25. The van der Waals surface area contributed by atoms with Crippen molar-refractivity contribution in [1.29, 1.82) is 0 Å². The minimum absolute atomic E-state index is 0.886. The molecule has 0 atom stereocenters. The van der Waals surface area contributed by atoms with Crippen molar-refractivity contribution in [3.05, 3.63) is 30.1 Å². The summed E-state index contributed by atoms with van der Waals surface area (Å²) in [4.78, 5) is 0. The summed E-state index contributed by atoms with van der Waals surface area (Å²) in [5.74, 6) is 0. The van der Waals surface area contributed by atoms with Crippen molar-refractivity contribution in [2.24, 2.45) is 0 Å². The lowest BCUT2D eigenvalue weighted by molar-refractivity contribution is 1.29. The van der Waals surface area contributed by atoms with E-state index in [1.165, 1.54) is 11.7 Å². The molecule has 1 aromatic rings. The van der Waals surface area contributed by atoms with Crippen molar-refractivity contribution in [3.63, 3.8) is 0 Å². The average molecular weight is 166 g/mol. The fourth-order valence-corrected chi connectivity index (χ4v) is 1.20. The van der Waals surface area contributed by atoms with Crippen molar-refractivity contribution in [2.45, 2.75) is 13.3 Å². The zero-order chi connectivity index (χ0) is 8.10. The fourth-order valence-electron chi connectivity index (χ4n) is 0.665. The second-order valence-electron chi connectivity index (χ2n) is 2.16. The van der Waals surface area contributed by atoms with Gasteiger partial charge in [0.1, 0.15) is 0 Å². The summed E-state index contributed by atoms with van der Waals surface area (Å²) in [5, 5.41) is 0.